The number of aromatic nitrogens is 1. The van der Waals surface area contributed by atoms with Crippen molar-refractivity contribution in [3.63, 3.8) is 0 Å². The van der Waals surface area contributed by atoms with Gasteiger partial charge in [-0.25, -0.2) is 4.99 Å². The van der Waals surface area contributed by atoms with Crippen molar-refractivity contribution in [2.45, 2.75) is 26.8 Å². The van der Waals surface area contributed by atoms with E-state index in [1.165, 1.54) is 11.3 Å². The second-order valence-corrected chi connectivity index (χ2v) is 10.9. The molecule has 0 radical (unpaired) electrons. The van der Waals surface area contributed by atoms with Crippen LogP contribution in [0.1, 0.15) is 37.9 Å². The smallest absolute Gasteiger partial charge is 0.271 e. The number of allylic oxidation sites excluding steroid dienone is 1. The van der Waals surface area contributed by atoms with Gasteiger partial charge in [-0.05, 0) is 49.8 Å². The quantitative estimate of drug-likeness (QED) is 0.284. The molecule has 1 aliphatic heterocycles. The average Bonchev–Trinajstić information content (AvgIpc) is 3.33. The van der Waals surface area contributed by atoms with Gasteiger partial charge in [0.15, 0.2) is 16.3 Å². The molecule has 1 aromatic heterocycles. The van der Waals surface area contributed by atoms with Gasteiger partial charge in [-0.1, -0.05) is 41.7 Å². The number of methoxy groups -OCH3 is 4. The summed E-state index contributed by atoms with van der Waals surface area (Å²) < 4.78 is 24.5. The van der Waals surface area contributed by atoms with E-state index in [2.05, 4.69) is 0 Å². The van der Waals surface area contributed by atoms with Crippen LogP contribution in [0.4, 0.5) is 0 Å². The van der Waals surface area contributed by atoms with E-state index in [1.807, 2.05) is 57.2 Å². The highest BCUT2D eigenvalue weighted by Gasteiger charge is 2.36. The summed E-state index contributed by atoms with van der Waals surface area (Å²) in [5.41, 5.74) is 2.11. The number of rotatable bonds is 9. The Labute approximate surface area is 253 Å². The normalized spacial score (nSPS) is 14.8. The van der Waals surface area contributed by atoms with E-state index in [4.69, 9.17) is 23.9 Å². The van der Waals surface area contributed by atoms with E-state index in [-0.39, 0.29) is 11.5 Å². The molecule has 0 fully saturated rings. The molecule has 0 N–H and O–H groups in total. The third kappa shape index (κ3) is 5.16. The van der Waals surface area contributed by atoms with Crippen LogP contribution in [0.2, 0.25) is 0 Å². The fourth-order valence-electron chi connectivity index (χ4n) is 5.59. The van der Waals surface area contributed by atoms with Crippen LogP contribution in [0.15, 0.2) is 69.6 Å². The van der Waals surface area contributed by atoms with Gasteiger partial charge < -0.3 is 23.8 Å². The predicted octanol–water partition coefficient (Wildman–Crippen LogP) is 4.29. The van der Waals surface area contributed by atoms with Gasteiger partial charge in [0.25, 0.3) is 11.5 Å². The summed E-state index contributed by atoms with van der Waals surface area (Å²) in [4.78, 5) is 35.6. The molecule has 43 heavy (non-hydrogen) atoms. The maximum absolute atomic E-state index is 14.4. The lowest BCUT2D eigenvalue weighted by molar-refractivity contribution is -0.127. The number of thiazole rings is 1. The molecule has 0 saturated heterocycles. The van der Waals surface area contributed by atoms with Crippen LogP contribution in [0.25, 0.3) is 16.8 Å². The van der Waals surface area contributed by atoms with Crippen molar-refractivity contribution >= 4 is 34.1 Å². The lowest BCUT2D eigenvalue weighted by atomic mass is 9.90. The first kappa shape index (κ1) is 29.9. The molecule has 9 nitrogen and oxygen atoms in total. The van der Waals surface area contributed by atoms with Crippen LogP contribution in [-0.4, -0.2) is 56.9 Å². The van der Waals surface area contributed by atoms with Crippen molar-refractivity contribution in [3.05, 3.63) is 90.6 Å². The lowest BCUT2D eigenvalue weighted by Gasteiger charge is -2.30. The lowest BCUT2D eigenvalue weighted by Crippen LogP contribution is -2.43. The SMILES string of the molecule is CCN(CC)C(=O)C1=C(C)N=c2s/c(=C/c3cc(OC)c(OC)cc3OC)c(=O)n2[C@H]1c1c(OC)ccc2ccccc12. The molecule has 224 valence electrons. The Bertz CT molecular complexity index is 1920. The van der Waals surface area contributed by atoms with Gasteiger partial charge in [-0.3, -0.25) is 14.2 Å². The maximum Gasteiger partial charge on any atom is 0.271 e. The van der Waals surface area contributed by atoms with E-state index in [1.54, 1.807) is 56.1 Å². The van der Waals surface area contributed by atoms with Gasteiger partial charge in [-0.15, -0.1) is 0 Å². The summed E-state index contributed by atoms with van der Waals surface area (Å²) >= 11 is 1.25. The minimum atomic E-state index is -0.764. The van der Waals surface area contributed by atoms with Crippen LogP contribution >= 0.6 is 11.3 Å². The number of hydrogen-bond acceptors (Lipinski definition) is 8. The fourth-order valence-corrected chi connectivity index (χ4v) is 6.63. The fraction of sp³-hybridized carbons (Fsp3) is 0.303. The van der Waals surface area contributed by atoms with Crippen molar-refractivity contribution in [2.24, 2.45) is 4.99 Å². The number of ether oxygens (including phenoxy) is 4. The van der Waals surface area contributed by atoms with E-state index < -0.39 is 6.04 Å². The number of benzene rings is 3. The van der Waals surface area contributed by atoms with Crippen LogP contribution in [0.3, 0.4) is 0 Å². The highest BCUT2D eigenvalue weighted by atomic mass is 32.1. The number of hydrogen-bond donors (Lipinski definition) is 0. The first-order valence-corrected chi connectivity index (χ1v) is 14.8. The zero-order valence-electron chi connectivity index (χ0n) is 25.4. The van der Waals surface area contributed by atoms with Crippen LogP contribution in [0.5, 0.6) is 23.0 Å². The molecule has 1 amide bonds. The third-order valence-electron chi connectivity index (χ3n) is 7.75. The van der Waals surface area contributed by atoms with E-state index >= 15 is 0 Å². The van der Waals surface area contributed by atoms with Crippen molar-refractivity contribution in [2.75, 3.05) is 41.5 Å². The van der Waals surface area contributed by atoms with Crippen LogP contribution in [-0.2, 0) is 4.79 Å². The highest BCUT2D eigenvalue weighted by Crippen LogP contribution is 2.41. The van der Waals surface area contributed by atoms with Gasteiger partial charge in [0, 0.05) is 30.3 Å². The monoisotopic (exact) mass is 601 g/mol. The molecule has 0 aliphatic carbocycles. The first-order valence-electron chi connectivity index (χ1n) is 14.0. The maximum atomic E-state index is 14.4. The minimum absolute atomic E-state index is 0.165. The first-order chi connectivity index (χ1) is 20.8. The zero-order valence-corrected chi connectivity index (χ0v) is 26.2. The Morgan fingerprint density at radius 2 is 1.58 bits per heavy atom. The Morgan fingerprint density at radius 3 is 2.23 bits per heavy atom. The van der Waals surface area contributed by atoms with Crippen LogP contribution in [0, 0.1) is 0 Å². The molecule has 1 atom stereocenters. The molecule has 0 saturated carbocycles. The van der Waals surface area contributed by atoms with E-state index in [9.17, 15) is 9.59 Å². The molecule has 0 spiro atoms. The topological polar surface area (TPSA) is 91.6 Å². The van der Waals surface area contributed by atoms with Crippen molar-refractivity contribution < 1.29 is 23.7 Å². The standard InChI is InChI=1S/C33H35N3O6S/c1-8-35(9-2)32(38)28-19(3)34-33-36(30(28)29-22-13-11-10-12-20(22)14-15-23(29)39-4)31(37)27(43-33)17-21-16-25(41-6)26(42-7)18-24(21)40-5/h10-18,30H,8-9H2,1-7H3/b27-17+/t30-/m1/s1. The largest absolute Gasteiger partial charge is 0.496 e. The zero-order chi connectivity index (χ0) is 30.8. The van der Waals surface area contributed by atoms with Gasteiger partial charge in [-0.2, -0.15) is 0 Å². The molecule has 5 rings (SSSR count). The second-order valence-electron chi connectivity index (χ2n) is 9.91. The number of likely N-dealkylation sites (N-methyl/N-ethyl adjacent to an activating group) is 1. The number of nitrogens with zero attached hydrogens (tertiary/aromatic N) is 3. The van der Waals surface area contributed by atoms with Crippen LogP contribution < -0.4 is 33.8 Å². The predicted molar refractivity (Wildman–Crippen MR) is 168 cm³/mol. The van der Waals surface area contributed by atoms with Gasteiger partial charge >= 0.3 is 0 Å². The van der Waals surface area contributed by atoms with Gasteiger partial charge in [0.05, 0.1) is 44.2 Å². The molecule has 4 aromatic rings. The summed E-state index contributed by atoms with van der Waals surface area (Å²) in [7, 11) is 6.26. The second kappa shape index (κ2) is 12.3. The average molecular weight is 602 g/mol. The Kier molecular flexibility index (Phi) is 8.59. The summed E-state index contributed by atoms with van der Waals surface area (Å²) in [6, 6.07) is 14.5. The third-order valence-corrected chi connectivity index (χ3v) is 8.73. The summed E-state index contributed by atoms with van der Waals surface area (Å²) in [5.74, 6) is 1.95. The van der Waals surface area contributed by atoms with E-state index in [0.717, 1.165) is 16.3 Å². The molecular formula is C33H35N3O6S. The molecule has 0 unspecified atom stereocenters. The van der Waals surface area contributed by atoms with Crippen molar-refractivity contribution in [1.82, 2.24) is 9.47 Å². The highest BCUT2D eigenvalue weighted by molar-refractivity contribution is 7.07. The van der Waals surface area contributed by atoms with Crippen molar-refractivity contribution in [3.8, 4) is 23.0 Å². The molecular weight excluding hydrogens is 566 g/mol. The molecule has 10 heteroatoms. The van der Waals surface area contributed by atoms with Gasteiger partial charge in [0.2, 0.25) is 0 Å². The Balaban J connectivity index is 1.85. The number of fused-ring (bicyclic) bond motifs is 2. The molecule has 0 bridgehead atoms. The van der Waals surface area contributed by atoms with Crippen molar-refractivity contribution in [1.29, 1.82) is 0 Å². The summed E-state index contributed by atoms with van der Waals surface area (Å²) in [6.45, 7) is 6.76. The van der Waals surface area contributed by atoms with E-state index in [0.29, 0.717) is 62.3 Å². The number of amides is 1. The Hall–Kier alpha value is -4.57. The summed E-state index contributed by atoms with van der Waals surface area (Å²) in [5, 5.41) is 1.86. The van der Waals surface area contributed by atoms with Gasteiger partial charge in [0.1, 0.15) is 17.5 Å². The number of carbonyl (C=O) groups excluding carboxylic acids is 1. The summed E-state index contributed by atoms with van der Waals surface area (Å²) in [6.07, 6.45) is 1.76. The number of carbonyl (C=O) groups is 1. The Morgan fingerprint density at radius 1 is 0.930 bits per heavy atom. The molecule has 1 aliphatic rings. The minimum Gasteiger partial charge on any atom is -0.496 e. The molecule has 3 aromatic carbocycles. The molecule has 2 heterocycles.